The van der Waals surface area contributed by atoms with Gasteiger partial charge in [0.15, 0.2) is 0 Å². The Morgan fingerprint density at radius 3 is 2.67 bits per heavy atom. The maximum atomic E-state index is 5.28. The molecule has 0 radical (unpaired) electrons. The van der Waals surface area contributed by atoms with Gasteiger partial charge in [-0.1, -0.05) is 11.6 Å². The van der Waals surface area contributed by atoms with E-state index in [2.05, 4.69) is 18.2 Å². The monoisotopic (exact) mass is 200 g/mol. The molecule has 1 nitrogen and oxygen atoms in total. The third-order valence-electron chi connectivity index (χ3n) is 3.44. The molecule has 1 fully saturated rings. The third-order valence-corrected chi connectivity index (χ3v) is 3.44. The normalized spacial score (nSPS) is 18.7. The zero-order valence-electron chi connectivity index (χ0n) is 9.18. The molecule has 2 aliphatic rings. The van der Waals surface area contributed by atoms with Gasteiger partial charge in [0.05, 0.1) is 7.11 Å². The van der Waals surface area contributed by atoms with E-state index < -0.39 is 0 Å². The van der Waals surface area contributed by atoms with E-state index in [0.717, 1.165) is 5.75 Å². The van der Waals surface area contributed by atoms with Crippen LogP contribution in [0, 0.1) is 0 Å². The molecule has 0 spiro atoms. The van der Waals surface area contributed by atoms with Gasteiger partial charge in [-0.25, -0.2) is 0 Å². The number of fused-ring (bicyclic) bond motifs is 1. The van der Waals surface area contributed by atoms with Gasteiger partial charge in [0.2, 0.25) is 0 Å². The minimum Gasteiger partial charge on any atom is -0.497 e. The first-order valence-electron chi connectivity index (χ1n) is 5.76. The van der Waals surface area contributed by atoms with Gasteiger partial charge in [0.1, 0.15) is 5.75 Å². The van der Waals surface area contributed by atoms with E-state index >= 15 is 0 Å². The smallest absolute Gasteiger partial charge is 0.119 e. The Labute approximate surface area is 90.8 Å². The van der Waals surface area contributed by atoms with Crippen molar-refractivity contribution in [3.63, 3.8) is 0 Å². The summed E-state index contributed by atoms with van der Waals surface area (Å²) in [5, 5.41) is 0. The predicted octanol–water partition coefficient (Wildman–Crippen LogP) is 3.58. The molecular weight excluding hydrogens is 184 g/mol. The molecule has 0 N–H and O–H groups in total. The largest absolute Gasteiger partial charge is 0.497 e. The quantitative estimate of drug-likeness (QED) is 0.673. The fraction of sp³-hybridized carbons (Fsp3) is 0.429. The molecule has 1 aromatic carbocycles. The van der Waals surface area contributed by atoms with Crippen molar-refractivity contribution < 1.29 is 4.74 Å². The van der Waals surface area contributed by atoms with Crippen molar-refractivity contribution in [1.82, 2.24) is 0 Å². The molecule has 3 rings (SSSR count). The Morgan fingerprint density at radius 1 is 1.07 bits per heavy atom. The first kappa shape index (κ1) is 9.02. The highest BCUT2D eigenvalue weighted by Gasteiger charge is 2.23. The number of hydrogen-bond donors (Lipinski definition) is 0. The van der Waals surface area contributed by atoms with Gasteiger partial charge >= 0.3 is 0 Å². The van der Waals surface area contributed by atoms with Crippen LogP contribution in [0.4, 0.5) is 0 Å². The molecule has 1 saturated carbocycles. The molecular formula is C14H16O. The van der Waals surface area contributed by atoms with Gasteiger partial charge in [-0.05, 0) is 60.9 Å². The molecule has 0 amide bonds. The number of ether oxygens (including phenoxy) is 1. The van der Waals surface area contributed by atoms with Crippen LogP contribution in [0.3, 0.4) is 0 Å². The minimum atomic E-state index is 0.996. The van der Waals surface area contributed by atoms with Crippen LogP contribution >= 0.6 is 0 Å². The molecule has 2 aliphatic carbocycles. The summed E-state index contributed by atoms with van der Waals surface area (Å²) in [7, 11) is 1.74. The second-order valence-electron chi connectivity index (χ2n) is 4.46. The second kappa shape index (κ2) is 3.41. The van der Waals surface area contributed by atoms with Crippen LogP contribution in [0.25, 0.3) is 5.57 Å². The Morgan fingerprint density at radius 2 is 1.93 bits per heavy atom. The number of allylic oxidation sites excluding steroid dienone is 2. The average Bonchev–Trinajstić information content (AvgIpc) is 3.11. The van der Waals surface area contributed by atoms with Crippen molar-refractivity contribution in [2.75, 3.05) is 7.11 Å². The summed E-state index contributed by atoms with van der Waals surface area (Å²) in [5.41, 5.74) is 6.31. The molecule has 0 heterocycles. The zero-order valence-corrected chi connectivity index (χ0v) is 9.18. The van der Waals surface area contributed by atoms with E-state index in [1.54, 1.807) is 18.3 Å². The molecule has 15 heavy (non-hydrogen) atoms. The summed E-state index contributed by atoms with van der Waals surface area (Å²) in [6.07, 6.45) is 6.47. The molecule has 78 valence electrons. The maximum Gasteiger partial charge on any atom is 0.119 e. The Kier molecular flexibility index (Phi) is 2.05. The Balaban J connectivity index is 2.09. The lowest BCUT2D eigenvalue weighted by molar-refractivity contribution is 0.414. The van der Waals surface area contributed by atoms with E-state index in [0.29, 0.717) is 0 Å². The summed E-state index contributed by atoms with van der Waals surface area (Å²) in [4.78, 5) is 0. The lowest BCUT2D eigenvalue weighted by Crippen LogP contribution is -2.02. The van der Waals surface area contributed by atoms with E-state index in [-0.39, 0.29) is 0 Å². The van der Waals surface area contributed by atoms with E-state index in [4.69, 9.17) is 4.74 Å². The van der Waals surface area contributed by atoms with Crippen LogP contribution in [-0.4, -0.2) is 7.11 Å². The van der Waals surface area contributed by atoms with Crippen LogP contribution in [-0.2, 0) is 6.42 Å². The number of benzene rings is 1. The molecule has 0 bridgehead atoms. The summed E-state index contributed by atoms with van der Waals surface area (Å²) in [6, 6.07) is 6.54. The summed E-state index contributed by atoms with van der Waals surface area (Å²) in [5.74, 6) is 0.996. The molecule has 1 heteroatoms. The van der Waals surface area contributed by atoms with Gasteiger partial charge in [0, 0.05) is 0 Å². The van der Waals surface area contributed by atoms with Crippen molar-refractivity contribution >= 4 is 5.57 Å². The maximum absolute atomic E-state index is 5.28. The SMILES string of the molecule is COc1ccc2c(c1)CCCC2=C1CC1. The Bertz CT molecular complexity index is 423. The van der Waals surface area contributed by atoms with Gasteiger partial charge in [-0.2, -0.15) is 0 Å². The van der Waals surface area contributed by atoms with E-state index in [1.165, 1.54) is 43.2 Å². The Hall–Kier alpha value is -1.24. The highest BCUT2D eigenvalue weighted by molar-refractivity contribution is 5.75. The lowest BCUT2D eigenvalue weighted by Gasteiger charge is -2.19. The third kappa shape index (κ3) is 1.56. The summed E-state index contributed by atoms with van der Waals surface area (Å²) < 4.78 is 5.28. The molecule has 0 aromatic heterocycles. The molecule has 1 aromatic rings. The molecule has 0 unspecified atom stereocenters. The minimum absolute atomic E-state index is 0.996. The van der Waals surface area contributed by atoms with Crippen molar-refractivity contribution in [3.05, 3.63) is 34.9 Å². The fourth-order valence-corrected chi connectivity index (χ4v) is 2.52. The first-order valence-corrected chi connectivity index (χ1v) is 5.76. The summed E-state index contributed by atoms with van der Waals surface area (Å²) >= 11 is 0. The van der Waals surface area contributed by atoms with Gasteiger partial charge in [-0.3, -0.25) is 0 Å². The highest BCUT2D eigenvalue weighted by atomic mass is 16.5. The topological polar surface area (TPSA) is 9.23 Å². The summed E-state index contributed by atoms with van der Waals surface area (Å²) in [6.45, 7) is 0. The highest BCUT2D eigenvalue weighted by Crippen LogP contribution is 2.43. The average molecular weight is 200 g/mol. The van der Waals surface area contributed by atoms with Crippen molar-refractivity contribution in [2.24, 2.45) is 0 Å². The lowest BCUT2D eigenvalue weighted by atomic mass is 9.86. The van der Waals surface area contributed by atoms with Crippen LogP contribution in [0.5, 0.6) is 5.75 Å². The van der Waals surface area contributed by atoms with Gasteiger partial charge in [-0.15, -0.1) is 0 Å². The van der Waals surface area contributed by atoms with Crippen LogP contribution in [0.2, 0.25) is 0 Å². The van der Waals surface area contributed by atoms with Crippen molar-refractivity contribution in [3.8, 4) is 5.75 Å². The number of hydrogen-bond acceptors (Lipinski definition) is 1. The van der Waals surface area contributed by atoms with Gasteiger partial charge < -0.3 is 4.74 Å². The van der Waals surface area contributed by atoms with Crippen LogP contribution < -0.4 is 4.74 Å². The number of rotatable bonds is 1. The number of methoxy groups -OCH3 is 1. The standard InChI is InChI=1S/C14H16O/c1-15-12-7-8-14-11(9-12)3-2-4-13(14)10-5-6-10/h7-9H,2-6H2,1H3. The fourth-order valence-electron chi connectivity index (χ4n) is 2.52. The first-order chi connectivity index (χ1) is 7.38. The van der Waals surface area contributed by atoms with Crippen LogP contribution in [0.1, 0.15) is 36.8 Å². The van der Waals surface area contributed by atoms with Gasteiger partial charge in [0.25, 0.3) is 0 Å². The second-order valence-corrected chi connectivity index (χ2v) is 4.46. The molecule has 0 atom stereocenters. The zero-order chi connectivity index (χ0) is 10.3. The molecule has 0 saturated heterocycles. The van der Waals surface area contributed by atoms with E-state index in [1.807, 2.05) is 0 Å². The predicted molar refractivity (Wildman–Crippen MR) is 62.1 cm³/mol. The number of aryl methyl sites for hydroxylation is 1. The molecule has 0 aliphatic heterocycles. The van der Waals surface area contributed by atoms with E-state index in [9.17, 15) is 0 Å². The van der Waals surface area contributed by atoms with Crippen LogP contribution in [0.15, 0.2) is 23.8 Å². The van der Waals surface area contributed by atoms with Crippen molar-refractivity contribution in [1.29, 1.82) is 0 Å². The van der Waals surface area contributed by atoms with Crippen molar-refractivity contribution in [2.45, 2.75) is 32.1 Å².